The Morgan fingerprint density at radius 3 is 2.43 bits per heavy atom. The number of rotatable bonds is 10. The third-order valence-corrected chi connectivity index (χ3v) is 10.6. The van der Waals surface area contributed by atoms with E-state index >= 15 is 0 Å². The third-order valence-electron chi connectivity index (χ3n) is 9.28. The van der Waals surface area contributed by atoms with Crippen LogP contribution in [-0.4, -0.2) is 103 Å². The zero-order chi connectivity index (χ0) is 33.1. The summed E-state index contributed by atoms with van der Waals surface area (Å²) < 4.78 is 8.76. The van der Waals surface area contributed by atoms with E-state index in [-0.39, 0.29) is 0 Å². The molecule has 250 valence electrons. The molecule has 2 aliphatic rings. The van der Waals surface area contributed by atoms with Crippen molar-refractivity contribution in [3.8, 4) is 5.75 Å². The summed E-state index contributed by atoms with van der Waals surface area (Å²) in [5, 5.41) is 6.97. The summed E-state index contributed by atoms with van der Waals surface area (Å²) in [7, 11) is 5.96. The van der Waals surface area contributed by atoms with Gasteiger partial charge in [-0.15, -0.1) is 0 Å². The van der Waals surface area contributed by atoms with E-state index in [4.69, 9.17) is 9.72 Å². The molecule has 4 aromatic rings. The standard InChI is InChI=1S/C34H45BrN10OS/c1-22(2)24-19-28(30(46-5)20-29(24)45-13-9-23(10-14-45)44-17-15-42(3)16-18-44)40-34-38-21-25(35)33(41-34)39-27-8-7-26-31(37-12-11-36-26)32(27)43(4)47-6/h7-8,11-12,19-23H,9-10,13-18H2,1-6H3,(H2,38,39,40,41). The fraction of sp³-hybridized carbons (Fsp3) is 0.471. The molecule has 2 aromatic heterocycles. The molecule has 0 atom stereocenters. The number of hydrogen-bond acceptors (Lipinski definition) is 12. The SMILES string of the molecule is COc1cc(N2CCC(N3CCN(C)CC3)CC2)c(C(C)C)cc1Nc1ncc(Br)c(Nc2ccc3nccnc3c2N(C)SC)n1. The number of likely N-dealkylation sites (N-methyl/N-ethyl adjacent to an activating group) is 1. The van der Waals surface area contributed by atoms with Gasteiger partial charge < -0.3 is 29.5 Å². The molecule has 2 saturated heterocycles. The van der Waals surface area contributed by atoms with Gasteiger partial charge in [0.15, 0.2) is 0 Å². The van der Waals surface area contributed by atoms with Crippen LogP contribution in [0.1, 0.15) is 38.2 Å². The Hall–Kier alpha value is -3.39. The number of benzene rings is 2. The van der Waals surface area contributed by atoms with E-state index in [1.807, 2.05) is 25.4 Å². The van der Waals surface area contributed by atoms with Gasteiger partial charge in [-0.05, 0) is 65.5 Å². The fourth-order valence-electron chi connectivity index (χ4n) is 6.54. The molecule has 0 radical (unpaired) electrons. The van der Waals surface area contributed by atoms with Crippen LogP contribution in [0, 0.1) is 0 Å². The monoisotopic (exact) mass is 720 g/mol. The van der Waals surface area contributed by atoms with Crippen LogP contribution in [0.5, 0.6) is 5.75 Å². The van der Waals surface area contributed by atoms with Gasteiger partial charge in [0, 0.05) is 89.0 Å². The van der Waals surface area contributed by atoms with E-state index in [0.29, 0.717) is 23.7 Å². The molecular weight excluding hydrogens is 676 g/mol. The summed E-state index contributed by atoms with van der Waals surface area (Å²) in [4.78, 5) is 26.3. The predicted molar refractivity (Wildman–Crippen MR) is 199 cm³/mol. The number of nitrogens with zero attached hydrogens (tertiary/aromatic N) is 8. The van der Waals surface area contributed by atoms with Crippen LogP contribution in [-0.2, 0) is 0 Å². The molecule has 6 rings (SSSR count). The smallest absolute Gasteiger partial charge is 0.229 e. The van der Waals surface area contributed by atoms with Crippen LogP contribution in [0.25, 0.3) is 11.0 Å². The average Bonchev–Trinajstić information content (AvgIpc) is 3.09. The van der Waals surface area contributed by atoms with E-state index in [2.05, 4.69) is 93.5 Å². The molecule has 2 aromatic carbocycles. The zero-order valence-corrected chi connectivity index (χ0v) is 30.5. The van der Waals surface area contributed by atoms with Gasteiger partial charge in [0.05, 0.1) is 34.2 Å². The van der Waals surface area contributed by atoms with Gasteiger partial charge in [-0.25, -0.2) is 4.98 Å². The average molecular weight is 722 g/mol. The minimum absolute atomic E-state index is 0.331. The normalized spacial score (nSPS) is 16.6. The summed E-state index contributed by atoms with van der Waals surface area (Å²) in [5.74, 6) is 2.19. The van der Waals surface area contributed by atoms with Crippen molar-refractivity contribution in [2.45, 2.75) is 38.6 Å². The largest absolute Gasteiger partial charge is 0.494 e. The summed E-state index contributed by atoms with van der Waals surface area (Å²) >= 11 is 5.25. The molecule has 2 fully saturated rings. The fourth-order valence-corrected chi connectivity index (χ4v) is 7.20. The first kappa shape index (κ1) is 33.5. The number of ether oxygens (including phenoxy) is 1. The number of halogens is 1. The van der Waals surface area contributed by atoms with Crippen LogP contribution < -0.4 is 24.6 Å². The second-order valence-corrected chi connectivity index (χ2v) is 14.3. The number of nitrogens with one attached hydrogen (secondary N) is 2. The highest BCUT2D eigenvalue weighted by molar-refractivity contribution is 9.10. The van der Waals surface area contributed by atoms with Crippen molar-refractivity contribution in [1.82, 2.24) is 29.7 Å². The first-order valence-electron chi connectivity index (χ1n) is 16.2. The second-order valence-electron chi connectivity index (χ2n) is 12.5. The van der Waals surface area contributed by atoms with Gasteiger partial charge >= 0.3 is 0 Å². The summed E-state index contributed by atoms with van der Waals surface area (Å²) in [6.45, 7) is 11.3. The van der Waals surface area contributed by atoms with Crippen LogP contribution in [0.2, 0.25) is 0 Å². The number of anilines is 6. The highest BCUT2D eigenvalue weighted by atomic mass is 79.9. The van der Waals surface area contributed by atoms with E-state index in [1.165, 1.54) is 37.2 Å². The van der Waals surface area contributed by atoms with Gasteiger partial charge in [-0.2, -0.15) is 4.98 Å². The number of methoxy groups -OCH3 is 1. The maximum atomic E-state index is 5.95. The molecule has 13 heteroatoms. The highest BCUT2D eigenvalue weighted by Crippen LogP contribution is 2.41. The quantitative estimate of drug-likeness (QED) is 0.170. The van der Waals surface area contributed by atoms with Crippen molar-refractivity contribution < 1.29 is 4.74 Å². The number of piperidine rings is 1. The second kappa shape index (κ2) is 14.8. The van der Waals surface area contributed by atoms with Gasteiger partial charge in [0.2, 0.25) is 5.95 Å². The lowest BCUT2D eigenvalue weighted by molar-refractivity contribution is 0.0982. The predicted octanol–water partition coefficient (Wildman–Crippen LogP) is 6.73. The van der Waals surface area contributed by atoms with Gasteiger partial charge in [-0.1, -0.05) is 25.8 Å². The molecule has 11 nitrogen and oxygen atoms in total. The first-order valence-corrected chi connectivity index (χ1v) is 18.2. The molecule has 0 bridgehead atoms. The number of fused-ring (bicyclic) bond motifs is 1. The van der Waals surface area contributed by atoms with Crippen molar-refractivity contribution in [2.24, 2.45) is 0 Å². The van der Waals surface area contributed by atoms with Crippen LogP contribution >= 0.6 is 27.9 Å². The van der Waals surface area contributed by atoms with Crippen LogP contribution in [0.15, 0.2) is 47.3 Å². The molecule has 47 heavy (non-hydrogen) atoms. The van der Waals surface area contributed by atoms with Crippen molar-refractivity contribution in [3.63, 3.8) is 0 Å². The molecule has 0 unspecified atom stereocenters. The molecule has 0 spiro atoms. The molecule has 0 aliphatic carbocycles. The lowest BCUT2D eigenvalue weighted by atomic mass is 9.96. The Kier molecular flexibility index (Phi) is 10.5. The topological polar surface area (TPSA) is 97.8 Å². The Labute approximate surface area is 290 Å². The zero-order valence-electron chi connectivity index (χ0n) is 28.1. The Balaban J connectivity index is 1.24. The summed E-state index contributed by atoms with van der Waals surface area (Å²) in [6.07, 6.45) is 9.58. The Morgan fingerprint density at radius 2 is 1.72 bits per heavy atom. The van der Waals surface area contributed by atoms with Gasteiger partial charge in [-0.3, -0.25) is 14.9 Å². The number of aromatic nitrogens is 4. The van der Waals surface area contributed by atoms with Crippen molar-refractivity contribution in [2.75, 3.05) is 86.6 Å². The maximum Gasteiger partial charge on any atom is 0.229 e. The Bertz CT molecular complexity index is 1690. The van der Waals surface area contributed by atoms with E-state index in [9.17, 15) is 0 Å². The molecular formula is C34H45BrN10OS. The number of piperazine rings is 1. The lowest BCUT2D eigenvalue weighted by Gasteiger charge is -2.43. The lowest BCUT2D eigenvalue weighted by Crippen LogP contribution is -2.52. The van der Waals surface area contributed by atoms with Gasteiger partial charge in [0.1, 0.15) is 17.1 Å². The first-order chi connectivity index (χ1) is 22.7. The summed E-state index contributed by atoms with van der Waals surface area (Å²) in [5.41, 5.74) is 6.80. The van der Waals surface area contributed by atoms with Crippen LogP contribution in [0.4, 0.5) is 34.5 Å². The molecule has 2 aliphatic heterocycles. The third kappa shape index (κ3) is 7.38. The van der Waals surface area contributed by atoms with Crippen LogP contribution in [0.3, 0.4) is 0 Å². The van der Waals surface area contributed by atoms with E-state index in [1.54, 1.807) is 37.6 Å². The van der Waals surface area contributed by atoms with Crippen molar-refractivity contribution >= 4 is 73.4 Å². The highest BCUT2D eigenvalue weighted by Gasteiger charge is 2.28. The van der Waals surface area contributed by atoms with Crippen molar-refractivity contribution in [1.29, 1.82) is 0 Å². The van der Waals surface area contributed by atoms with E-state index in [0.717, 1.165) is 64.5 Å². The molecule has 2 N–H and O–H groups in total. The van der Waals surface area contributed by atoms with Crippen molar-refractivity contribution in [3.05, 3.63) is 52.9 Å². The molecule has 0 saturated carbocycles. The van der Waals surface area contributed by atoms with E-state index < -0.39 is 0 Å². The molecule has 4 heterocycles. The number of hydrogen-bond donors (Lipinski definition) is 2. The van der Waals surface area contributed by atoms with Gasteiger partial charge in [0.25, 0.3) is 0 Å². The summed E-state index contributed by atoms with van der Waals surface area (Å²) in [6, 6.07) is 9.03. The Morgan fingerprint density at radius 1 is 0.979 bits per heavy atom. The maximum absolute atomic E-state index is 5.95. The minimum atomic E-state index is 0.331. The molecule has 0 amide bonds. The minimum Gasteiger partial charge on any atom is -0.494 e.